The van der Waals surface area contributed by atoms with Crippen LogP contribution in [0.1, 0.15) is 67.2 Å². The first kappa shape index (κ1) is 20.2. The Hall–Kier alpha value is -0.870. The lowest BCUT2D eigenvalue weighted by Gasteiger charge is -2.23. The number of hydrogen-bond donors (Lipinski definition) is 0. The monoisotopic (exact) mass is 326 g/mol. The summed E-state index contributed by atoms with van der Waals surface area (Å²) in [6.45, 7) is 12.2. The molecule has 0 N–H and O–H groups in total. The zero-order chi connectivity index (χ0) is 17.6. The SMILES string of the molecule is COC(C)(C)CCC[C@H](C)CC1OC1/C(C)=C\C(=O)OC(C)C. The number of ether oxygens (including phenoxy) is 3. The lowest BCUT2D eigenvalue weighted by Crippen LogP contribution is -2.22. The topological polar surface area (TPSA) is 48.1 Å². The van der Waals surface area contributed by atoms with Crippen molar-refractivity contribution in [3.8, 4) is 0 Å². The van der Waals surface area contributed by atoms with E-state index < -0.39 is 0 Å². The molecule has 0 spiro atoms. The first-order chi connectivity index (χ1) is 10.6. The third-order valence-electron chi connectivity index (χ3n) is 4.39. The molecule has 0 bridgehead atoms. The largest absolute Gasteiger partial charge is 0.460 e. The highest BCUT2D eigenvalue weighted by molar-refractivity contribution is 5.83. The molecule has 0 aromatic carbocycles. The molecule has 1 aliphatic rings. The van der Waals surface area contributed by atoms with Crippen LogP contribution in [0.5, 0.6) is 0 Å². The lowest BCUT2D eigenvalue weighted by atomic mass is 9.93. The summed E-state index contributed by atoms with van der Waals surface area (Å²) in [5, 5.41) is 0. The second-order valence-corrected chi connectivity index (χ2v) is 7.67. The molecule has 134 valence electrons. The fourth-order valence-electron chi connectivity index (χ4n) is 2.75. The minimum Gasteiger partial charge on any atom is -0.460 e. The number of rotatable bonds is 10. The minimum absolute atomic E-state index is 0.0333. The van der Waals surface area contributed by atoms with Gasteiger partial charge >= 0.3 is 5.97 Å². The maximum atomic E-state index is 11.6. The highest BCUT2D eigenvalue weighted by Gasteiger charge is 2.40. The summed E-state index contributed by atoms with van der Waals surface area (Å²) in [6.07, 6.45) is 6.28. The first-order valence-electron chi connectivity index (χ1n) is 8.74. The molecule has 4 heteroatoms. The van der Waals surface area contributed by atoms with Gasteiger partial charge in [-0.25, -0.2) is 4.79 Å². The quantitative estimate of drug-likeness (QED) is 0.342. The van der Waals surface area contributed by atoms with E-state index in [0.29, 0.717) is 5.92 Å². The third-order valence-corrected chi connectivity index (χ3v) is 4.39. The smallest absolute Gasteiger partial charge is 0.331 e. The zero-order valence-electron chi connectivity index (χ0n) is 15.8. The maximum absolute atomic E-state index is 11.6. The summed E-state index contributed by atoms with van der Waals surface area (Å²) in [6, 6.07) is 0. The molecule has 1 fully saturated rings. The molecule has 0 radical (unpaired) electrons. The van der Waals surface area contributed by atoms with Crippen molar-refractivity contribution in [3.05, 3.63) is 11.6 Å². The lowest BCUT2D eigenvalue weighted by molar-refractivity contribution is -0.141. The molecular formula is C19H34O4. The van der Waals surface area contributed by atoms with Crippen LogP contribution in [0, 0.1) is 5.92 Å². The van der Waals surface area contributed by atoms with Gasteiger partial charge in [0.05, 0.1) is 17.8 Å². The highest BCUT2D eigenvalue weighted by Crippen LogP contribution is 2.35. The molecule has 0 aliphatic carbocycles. The first-order valence-corrected chi connectivity index (χ1v) is 8.74. The van der Waals surface area contributed by atoms with Crippen molar-refractivity contribution in [2.24, 2.45) is 5.92 Å². The van der Waals surface area contributed by atoms with Gasteiger partial charge in [0.25, 0.3) is 0 Å². The van der Waals surface area contributed by atoms with Gasteiger partial charge in [-0.2, -0.15) is 0 Å². The van der Waals surface area contributed by atoms with E-state index in [1.54, 1.807) is 13.2 Å². The molecule has 1 aliphatic heterocycles. The van der Waals surface area contributed by atoms with Gasteiger partial charge in [-0.05, 0) is 59.0 Å². The van der Waals surface area contributed by atoms with Gasteiger partial charge in [0.15, 0.2) is 0 Å². The van der Waals surface area contributed by atoms with Crippen molar-refractivity contribution in [1.29, 1.82) is 0 Å². The molecule has 0 aromatic rings. The summed E-state index contributed by atoms with van der Waals surface area (Å²) < 4.78 is 16.3. The zero-order valence-corrected chi connectivity index (χ0v) is 15.8. The fourth-order valence-corrected chi connectivity index (χ4v) is 2.75. The normalized spacial score (nSPS) is 23.0. The van der Waals surface area contributed by atoms with Crippen LogP contribution in [0.25, 0.3) is 0 Å². The summed E-state index contributed by atoms with van der Waals surface area (Å²) >= 11 is 0. The number of esters is 1. The van der Waals surface area contributed by atoms with E-state index >= 15 is 0 Å². The van der Waals surface area contributed by atoms with Gasteiger partial charge in [-0.3, -0.25) is 0 Å². The number of epoxide rings is 1. The average Bonchev–Trinajstić information content (AvgIpc) is 3.16. The van der Waals surface area contributed by atoms with Crippen molar-refractivity contribution in [2.45, 2.75) is 91.1 Å². The Balaban J connectivity index is 2.27. The van der Waals surface area contributed by atoms with Crippen LogP contribution in [-0.4, -0.2) is 37.0 Å². The van der Waals surface area contributed by atoms with Crippen LogP contribution in [0.15, 0.2) is 11.6 Å². The van der Waals surface area contributed by atoms with E-state index in [0.717, 1.165) is 24.8 Å². The van der Waals surface area contributed by atoms with Gasteiger partial charge < -0.3 is 14.2 Å². The number of carbonyl (C=O) groups excluding carboxylic acids is 1. The van der Waals surface area contributed by atoms with E-state index in [2.05, 4.69) is 20.8 Å². The van der Waals surface area contributed by atoms with Gasteiger partial charge in [0, 0.05) is 13.2 Å². The summed E-state index contributed by atoms with van der Waals surface area (Å²) in [5.41, 5.74) is 0.933. The van der Waals surface area contributed by atoms with Gasteiger partial charge in [0.2, 0.25) is 0 Å². The Bertz CT molecular complexity index is 412. The summed E-state index contributed by atoms with van der Waals surface area (Å²) in [4.78, 5) is 11.6. The van der Waals surface area contributed by atoms with Crippen molar-refractivity contribution in [3.63, 3.8) is 0 Å². The second kappa shape index (κ2) is 8.84. The molecule has 1 rings (SSSR count). The molecule has 23 heavy (non-hydrogen) atoms. The summed E-state index contributed by atoms with van der Waals surface area (Å²) in [5.74, 6) is 0.342. The van der Waals surface area contributed by atoms with Crippen LogP contribution >= 0.6 is 0 Å². The second-order valence-electron chi connectivity index (χ2n) is 7.67. The minimum atomic E-state index is -0.276. The predicted octanol–water partition coefficient (Wildman–Crippen LogP) is 4.27. The molecule has 2 unspecified atom stereocenters. The standard InChI is InChI=1S/C19H34O4/c1-13(2)22-17(20)12-15(4)18-16(23-18)11-14(3)9-8-10-19(5,6)21-7/h12-14,16,18H,8-11H2,1-7H3/b15-12-/t14-,16?,18?/m0/s1. The number of carbonyl (C=O) groups is 1. The molecule has 4 nitrogen and oxygen atoms in total. The average molecular weight is 326 g/mol. The van der Waals surface area contributed by atoms with Crippen LogP contribution in [0.4, 0.5) is 0 Å². The Labute approximate surface area is 141 Å². The molecule has 0 amide bonds. The Morgan fingerprint density at radius 3 is 2.52 bits per heavy atom. The molecule has 0 saturated carbocycles. The van der Waals surface area contributed by atoms with Crippen LogP contribution in [0.2, 0.25) is 0 Å². The van der Waals surface area contributed by atoms with Crippen molar-refractivity contribution in [2.75, 3.05) is 7.11 Å². The third kappa shape index (κ3) is 7.98. The van der Waals surface area contributed by atoms with Crippen molar-refractivity contribution < 1.29 is 19.0 Å². The van der Waals surface area contributed by atoms with Crippen LogP contribution < -0.4 is 0 Å². The summed E-state index contributed by atoms with van der Waals surface area (Å²) in [7, 11) is 1.77. The number of methoxy groups -OCH3 is 1. The Kier molecular flexibility index (Phi) is 7.75. The maximum Gasteiger partial charge on any atom is 0.331 e. The Morgan fingerprint density at radius 2 is 1.96 bits per heavy atom. The van der Waals surface area contributed by atoms with Crippen LogP contribution in [0.3, 0.4) is 0 Å². The van der Waals surface area contributed by atoms with Crippen molar-refractivity contribution in [1.82, 2.24) is 0 Å². The van der Waals surface area contributed by atoms with Gasteiger partial charge in [-0.1, -0.05) is 19.8 Å². The molecule has 3 atom stereocenters. The molecule has 0 aromatic heterocycles. The van der Waals surface area contributed by atoms with E-state index in [1.165, 1.54) is 6.42 Å². The highest BCUT2D eigenvalue weighted by atomic mass is 16.6. The van der Waals surface area contributed by atoms with Gasteiger partial charge in [-0.15, -0.1) is 0 Å². The molecular weight excluding hydrogens is 292 g/mol. The van der Waals surface area contributed by atoms with Crippen LogP contribution in [-0.2, 0) is 19.0 Å². The fraction of sp³-hybridized carbons (Fsp3) is 0.842. The van der Waals surface area contributed by atoms with Gasteiger partial charge in [0.1, 0.15) is 6.10 Å². The predicted molar refractivity (Wildman–Crippen MR) is 92.4 cm³/mol. The Morgan fingerprint density at radius 1 is 1.30 bits per heavy atom. The van der Waals surface area contributed by atoms with E-state index in [9.17, 15) is 4.79 Å². The van der Waals surface area contributed by atoms with E-state index in [-0.39, 0.29) is 29.9 Å². The van der Waals surface area contributed by atoms with Crippen molar-refractivity contribution >= 4 is 5.97 Å². The molecule has 1 heterocycles. The molecule has 1 saturated heterocycles. The van der Waals surface area contributed by atoms with E-state index in [1.807, 2.05) is 20.8 Å². The van der Waals surface area contributed by atoms with E-state index in [4.69, 9.17) is 14.2 Å². The number of hydrogen-bond acceptors (Lipinski definition) is 4.